The Hall–Kier alpha value is -0.540. The maximum atomic E-state index is 11.0. The maximum Gasteiger partial charge on any atom is 0.151 e. The number of hydrogen-bond donors (Lipinski definition) is 0. The molecule has 0 aliphatic carbocycles. The Balaban J connectivity index is 3.27. The standard InChI is InChI=1S/C8H9ClO2S/c1-6-4-3-5-7(12(9)10)8(6)11-2/h3-5H,1-2H3. The highest BCUT2D eigenvalue weighted by molar-refractivity contribution is 8.08. The lowest BCUT2D eigenvalue weighted by atomic mass is 10.2. The molecule has 0 saturated carbocycles. The summed E-state index contributed by atoms with van der Waals surface area (Å²) in [4.78, 5) is 0.527. The van der Waals surface area contributed by atoms with Gasteiger partial charge in [0.2, 0.25) is 0 Å². The molecular formula is C8H9ClO2S. The van der Waals surface area contributed by atoms with Gasteiger partial charge in [0.25, 0.3) is 0 Å². The normalized spacial score (nSPS) is 12.6. The number of halogens is 1. The highest BCUT2D eigenvalue weighted by Gasteiger charge is 2.09. The van der Waals surface area contributed by atoms with E-state index >= 15 is 0 Å². The van der Waals surface area contributed by atoms with Gasteiger partial charge in [-0.1, -0.05) is 12.1 Å². The maximum absolute atomic E-state index is 11.0. The van der Waals surface area contributed by atoms with Crippen LogP contribution >= 0.6 is 10.7 Å². The fourth-order valence-electron chi connectivity index (χ4n) is 1.01. The number of ether oxygens (including phenoxy) is 1. The van der Waals surface area contributed by atoms with E-state index in [2.05, 4.69) is 0 Å². The van der Waals surface area contributed by atoms with Crippen molar-refractivity contribution in [2.75, 3.05) is 7.11 Å². The molecule has 0 amide bonds. The molecular weight excluding hydrogens is 196 g/mol. The van der Waals surface area contributed by atoms with Crippen LogP contribution in [0.2, 0.25) is 0 Å². The summed E-state index contributed by atoms with van der Waals surface area (Å²) in [5.41, 5.74) is 0.934. The lowest BCUT2D eigenvalue weighted by Gasteiger charge is -2.06. The molecule has 0 N–H and O–H groups in total. The van der Waals surface area contributed by atoms with E-state index in [0.29, 0.717) is 10.6 Å². The second kappa shape index (κ2) is 3.92. The Morgan fingerprint density at radius 1 is 1.50 bits per heavy atom. The zero-order valence-corrected chi connectivity index (χ0v) is 8.41. The summed E-state index contributed by atoms with van der Waals surface area (Å²) >= 11 is 0. The van der Waals surface area contributed by atoms with Crippen LogP contribution in [-0.2, 0) is 10.0 Å². The van der Waals surface area contributed by atoms with Crippen molar-refractivity contribution in [2.45, 2.75) is 11.8 Å². The highest BCUT2D eigenvalue weighted by Crippen LogP contribution is 2.27. The molecule has 66 valence electrons. The van der Waals surface area contributed by atoms with Crippen LogP contribution in [0.15, 0.2) is 23.1 Å². The zero-order valence-electron chi connectivity index (χ0n) is 6.83. The molecule has 0 heterocycles. The minimum atomic E-state index is -1.50. The summed E-state index contributed by atoms with van der Waals surface area (Å²) in [6, 6.07) is 5.37. The van der Waals surface area contributed by atoms with Crippen LogP contribution in [-0.4, -0.2) is 11.3 Å². The molecule has 1 unspecified atom stereocenters. The van der Waals surface area contributed by atoms with Crippen LogP contribution in [0.5, 0.6) is 5.75 Å². The molecule has 0 spiro atoms. The Labute approximate surface area is 78.5 Å². The van der Waals surface area contributed by atoms with E-state index in [1.165, 1.54) is 7.11 Å². The largest absolute Gasteiger partial charge is 0.495 e. The van der Waals surface area contributed by atoms with Gasteiger partial charge in [0.1, 0.15) is 5.75 Å². The first-order chi connectivity index (χ1) is 5.66. The Morgan fingerprint density at radius 3 is 2.58 bits per heavy atom. The molecule has 1 aromatic rings. The van der Waals surface area contributed by atoms with Crippen molar-refractivity contribution >= 4 is 20.7 Å². The van der Waals surface area contributed by atoms with Crippen molar-refractivity contribution in [2.24, 2.45) is 0 Å². The van der Waals surface area contributed by atoms with Gasteiger partial charge >= 0.3 is 0 Å². The van der Waals surface area contributed by atoms with Crippen LogP contribution in [0, 0.1) is 6.92 Å². The molecule has 4 heteroatoms. The van der Waals surface area contributed by atoms with Crippen LogP contribution in [0.25, 0.3) is 0 Å². The molecule has 0 aliphatic rings. The smallest absolute Gasteiger partial charge is 0.151 e. The van der Waals surface area contributed by atoms with Crippen molar-refractivity contribution in [3.05, 3.63) is 23.8 Å². The number of aryl methyl sites for hydroxylation is 1. The van der Waals surface area contributed by atoms with Gasteiger partial charge in [-0.3, -0.25) is 0 Å². The van der Waals surface area contributed by atoms with E-state index in [9.17, 15) is 4.21 Å². The van der Waals surface area contributed by atoms with E-state index in [-0.39, 0.29) is 0 Å². The quantitative estimate of drug-likeness (QED) is 0.691. The summed E-state index contributed by atoms with van der Waals surface area (Å²) in [6.45, 7) is 1.88. The van der Waals surface area contributed by atoms with Gasteiger partial charge in [-0.2, -0.15) is 0 Å². The van der Waals surface area contributed by atoms with Crippen molar-refractivity contribution in [3.8, 4) is 5.75 Å². The van der Waals surface area contributed by atoms with Crippen molar-refractivity contribution in [1.29, 1.82) is 0 Å². The fourth-order valence-corrected chi connectivity index (χ4v) is 1.95. The van der Waals surface area contributed by atoms with Gasteiger partial charge in [0.15, 0.2) is 10.0 Å². The first-order valence-corrected chi connectivity index (χ1v) is 5.36. The molecule has 0 radical (unpaired) electrons. The lowest BCUT2D eigenvalue weighted by Crippen LogP contribution is -1.93. The molecule has 1 atom stereocenters. The van der Waals surface area contributed by atoms with Crippen LogP contribution < -0.4 is 4.74 Å². The van der Waals surface area contributed by atoms with E-state index in [1.54, 1.807) is 12.1 Å². The minimum Gasteiger partial charge on any atom is -0.495 e. The van der Waals surface area contributed by atoms with E-state index in [0.717, 1.165) is 5.56 Å². The zero-order chi connectivity index (χ0) is 9.14. The van der Waals surface area contributed by atoms with E-state index in [4.69, 9.17) is 15.4 Å². The third-order valence-electron chi connectivity index (χ3n) is 1.55. The van der Waals surface area contributed by atoms with Crippen molar-refractivity contribution < 1.29 is 8.95 Å². The topological polar surface area (TPSA) is 26.3 Å². The lowest BCUT2D eigenvalue weighted by molar-refractivity contribution is 0.401. The monoisotopic (exact) mass is 204 g/mol. The van der Waals surface area contributed by atoms with E-state index < -0.39 is 10.0 Å². The summed E-state index contributed by atoms with van der Waals surface area (Å²) in [6.07, 6.45) is 0. The summed E-state index contributed by atoms with van der Waals surface area (Å²) in [5.74, 6) is 0.603. The summed E-state index contributed by atoms with van der Waals surface area (Å²) in [7, 11) is 5.49. The van der Waals surface area contributed by atoms with Crippen LogP contribution in [0.3, 0.4) is 0 Å². The van der Waals surface area contributed by atoms with Crippen molar-refractivity contribution in [1.82, 2.24) is 0 Å². The van der Waals surface area contributed by atoms with Gasteiger partial charge in [0, 0.05) is 0 Å². The molecule has 0 saturated heterocycles. The number of rotatable bonds is 2. The third-order valence-corrected chi connectivity index (χ3v) is 2.72. The van der Waals surface area contributed by atoms with Crippen LogP contribution in [0.4, 0.5) is 0 Å². The Morgan fingerprint density at radius 2 is 2.17 bits per heavy atom. The average molecular weight is 205 g/mol. The second-order valence-electron chi connectivity index (χ2n) is 2.33. The highest BCUT2D eigenvalue weighted by atomic mass is 35.7. The second-order valence-corrected chi connectivity index (χ2v) is 4.06. The Bertz CT molecular complexity index is 312. The van der Waals surface area contributed by atoms with E-state index in [1.807, 2.05) is 13.0 Å². The SMILES string of the molecule is COc1c(C)cccc1S(=O)Cl. The van der Waals surface area contributed by atoms with Gasteiger partial charge in [-0.25, -0.2) is 4.21 Å². The molecule has 0 bridgehead atoms. The third kappa shape index (κ3) is 1.79. The summed E-state index contributed by atoms with van der Waals surface area (Å²) < 4.78 is 16.0. The van der Waals surface area contributed by atoms with Crippen LogP contribution in [0.1, 0.15) is 5.56 Å². The number of benzene rings is 1. The van der Waals surface area contributed by atoms with Gasteiger partial charge in [0.05, 0.1) is 12.0 Å². The number of hydrogen-bond acceptors (Lipinski definition) is 2. The average Bonchev–Trinajstić information content (AvgIpc) is 2.03. The molecule has 0 aliphatic heterocycles. The molecule has 1 aromatic carbocycles. The van der Waals surface area contributed by atoms with Gasteiger partial charge in [-0.05, 0) is 29.2 Å². The molecule has 0 fully saturated rings. The number of para-hydroxylation sites is 1. The summed E-state index contributed by atoms with van der Waals surface area (Å²) in [5, 5.41) is 0. The van der Waals surface area contributed by atoms with Gasteiger partial charge < -0.3 is 4.74 Å². The molecule has 0 aromatic heterocycles. The first kappa shape index (κ1) is 9.55. The van der Waals surface area contributed by atoms with Crippen molar-refractivity contribution in [3.63, 3.8) is 0 Å². The number of methoxy groups -OCH3 is 1. The Kier molecular flexibility index (Phi) is 3.12. The first-order valence-electron chi connectivity index (χ1n) is 3.38. The molecule has 12 heavy (non-hydrogen) atoms. The predicted molar refractivity (Wildman–Crippen MR) is 50.0 cm³/mol. The molecule has 1 rings (SSSR count). The predicted octanol–water partition coefficient (Wildman–Crippen LogP) is 2.27. The minimum absolute atomic E-state index is 0.527. The van der Waals surface area contributed by atoms with Gasteiger partial charge in [-0.15, -0.1) is 0 Å². The fraction of sp³-hybridized carbons (Fsp3) is 0.250. The molecule has 2 nitrogen and oxygen atoms in total.